The van der Waals surface area contributed by atoms with Crippen LogP contribution < -0.4 is 10.5 Å². The highest BCUT2D eigenvalue weighted by molar-refractivity contribution is 9.10. The van der Waals surface area contributed by atoms with Crippen molar-refractivity contribution < 1.29 is 4.74 Å². The van der Waals surface area contributed by atoms with Crippen LogP contribution in [0.1, 0.15) is 43.7 Å². The van der Waals surface area contributed by atoms with Crippen molar-refractivity contribution in [2.75, 3.05) is 6.61 Å². The molecule has 1 aliphatic rings. The van der Waals surface area contributed by atoms with Crippen LogP contribution in [-0.4, -0.2) is 12.6 Å². The first kappa shape index (κ1) is 14.9. The van der Waals surface area contributed by atoms with Crippen LogP contribution in [0.25, 0.3) is 0 Å². The van der Waals surface area contributed by atoms with Crippen LogP contribution in [0.3, 0.4) is 0 Å². The maximum atomic E-state index is 6.13. The second-order valence-electron chi connectivity index (χ2n) is 5.85. The Balaban J connectivity index is 2.11. The molecule has 106 valence electrons. The summed E-state index contributed by atoms with van der Waals surface area (Å²) in [5, 5.41) is 0. The van der Waals surface area contributed by atoms with Crippen molar-refractivity contribution >= 4 is 15.9 Å². The Morgan fingerprint density at radius 3 is 2.68 bits per heavy atom. The van der Waals surface area contributed by atoms with Gasteiger partial charge in [-0.3, -0.25) is 0 Å². The first-order valence-corrected chi connectivity index (χ1v) is 8.03. The molecule has 1 aromatic rings. The molecular weight excluding hydrogens is 302 g/mol. The van der Waals surface area contributed by atoms with Crippen LogP contribution in [0, 0.1) is 12.8 Å². The van der Waals surface area contributed by atoms with Gasteiger partial charge in [0.05, 0.1) is 6.61 Å². The second-order valence-corrected chi connectivity index (χ2v) is 6.77. The molecule has 2 N–H and O–H groups in total. The molecular formula is C16H24BrNO. The van der Waals surface area contributed by atoms with Crippen LogP contribution in [0.4, 0.5) is 0 Å². The van der Waals surface area contributed by atoms with Crippen LogP contribution >= 0.6 is 15.9 Å². The average Bonchev–Trinajstić information content (AvgIpc) is 2.79. The van der Waals surface area contributed by atoms with E-state index in [1.165, 1.54) is 36.8 Å². The summed E-state index contributed by atoms with van der Waals surface area (Å²) in [6.45, 7) is 5.00. The smallest absolute Gasteiger partial charge is 0.125 e. The molecule has 0 aromatic heterocycles. The molecule has 1 unspecified atom stereocenters. The Bertz CT molecular complexity index is 425. The number of rotatable bonds is 5. The fourth-order valence-electron chi connectivity index (χ4n) is 2.88. The molecule has 3 heteroatoms. The number of hydrogen-bond acceptors (Lipinski definition) is 2. The fraction of sp³-hybridized carbons (Fsp3) is 0.625. The van der Waals surface area contributed by atoms with Crippen molar-refractivity contribution in [1.82, 2.24) is 0 Å². The number of benzene rings is 1. The summed E-state index contributed by atoms with van der Waals surface area (Å²) in [6.07, 6.45) is 6.22. The Hall–Kier alpha value is -0.540. The van der Waals surface area contributed by atoms with Gasteiger partial charge in [-0.15, -0.1) is 0 Å². The third kappa shape index (κ3) is 4.22. The molecule has 0 spiro atoms. The monoisotopic (exact) mass is 325 g/mol. The predicted octanol–water partition coefficient (Wildman–Crippen LogP) is 4.22. The van der Waals surface area contributed by atoms with E-state index in [1.54, 1.807) is 0 Å². The number of aryl methyl sites for hydroxylation is 1. The summed E-state index contributed by atoms with van der Waals surface area (Å²) in [4.78, 5) is 0. The van der Waals surface area contributed by atoms with Gasteiger partial charge in [0, 0.05) is 10.5 Å². The average molecular weight is 326 g/mol. The summed E-state index contributed by atoms with van der Waals surface area (Å²) in [7, 11) is 0. The molecule has 1 atom stereocenters. The maximum Gasteiger partial charge on any atom is 0.125 e. The molecule has 1 saturated carbocycles. The zero-order valence-corrected chi connectivity index (χ0v) is 13.5. The lowest BCUT2D eigenvalue weighted by molar-refractivity contribution is 0.248. The van der Waals surface area contributed by atoms with Gasteiger partial charge in [-0.05, 0) is 62.3 Å². The minimum absolute atomic E-state index is 0.155. The minimum Gasteiger partial charge on any atom is -0.493 e. The summed E-state index contributed by atoms with van der Waals surface area (Å²) in [5.41, 5.74) is 8.36. The third-order valence-electron chi connectivity index (χ3n) is 3.80. The van der Waals surface area contributed by atoms with Gasteiger partial charge in [0.1, 0.15) is 5.75 Å². The van der Waals surface area contributed by atoms with Crippen molar-refractivity contribution in [1.29, 1.82) is 0 Å². The van der Waals surface area contributed by atoms with E-state index in [4.69, 9.17) is 10.5 Å². The second kappa shape index (κ2) is 6.76. The van der Waals surface area contributed by atoms with Crippen molar-refractivity contribution in [3.63, 3.8) is 0 Å². The first-order chi connectivity index (χ1) is 9.06. The van der Waals surface area contributed by atoms with Gasteiger partial charge in [0.25, 0.3) is 0 Å². The van der Waals surface area contributed by atoms with Crippen LogP contribution in [0.5, 0.6) is 5.75 Å². The zero-order chi connectivity index (χ0) is 13.8. The fourth-order valence-corrected chi connectivity index (χ4v) is 3.50. The Morgan fingerprint density at radius 2 is 2.05 bits per heavy atom. The van der Waals surface area contributed by atoms with E-state index in [9.17, 15) is 0 Å². The molecule has 1 aromatic carbocycles. The third-order valence-corrected chi connectivity index (χ3v) is 4.25. The predicted molar refractivity (Wildman–Crippen MR) is 83.7 cm³/mol. The van der Waals surface area contributed by atoms with E-state index in [0.29, 0.717) is 0 Å². The molecule has 0 amide bonds. The molecule has 0 saturated heterocycles. The van der Waals surface area contributed by atoms with Gasteiger partial charge in [-0.25, -0.2) is 0 Å². The van der Waals surface area contributed by atoms with E-state index >= 15 is 0 Å². The van der Waals surface area contributed by atoms with Crippen molar-refractivity contribution in [3.8, 4) is 5.75 Å². The molecule has 0 bridgehead atoms. The summed E-state index contributed by atoms with van der Waals surface area (Å²) in [5.74, 6) is 1.79. The first-order valence-electron chi connectivity index (χ1n) is 7.23. The lowest BCUT2D eigenvalue weighted by Gasteiger charge is -2.18. The van der Waals surface area contributed by atoms with E-state index in [0.717, 1.165) is 29.2 Å². The molecule has 19 heavy (non-hydrogen) atoms. The van der Waals surface area contributed by atoms with Gasteiger partial charge in [-0.2, -0.15) is 0 Å². The highest BCUT2D eigenvalue weighted by atomic mass is 79.9. The van der Waals surface area contributed by atoms with Crippen LogP contribution in [0.15, 0.2) is 16.6 Å². The highest BCUT2D eigenvalue weighted by Gasteiger charge is 2.17. The van der Waals surface area contributed by atoms with Crippen LogP contribution in [0.2, 0.25) is 0 Å². The van der Waals surface area contributed by atoms with Crippen LogP contribution in [-0.2, 0) is 6.42 Å². The maximum absolute atomic E-state index is 6.13. The van der Waals surface area contributed by atoms with Gasteiger partial charge >= 0.3 is 0 Å². The molecule has 1 fully saturated rings. The Labute approximate surface area is 124 Å². The SMILES string of the molecule is Cc1cc(Br)cc(CC(C)N)c1OCC1CCCC1. The number of ether oxygens (including phenoxy) is 1. The largest absolute Gasteiger partial charge is 0.493 e. The molecule has 1 aliphatic carbocycles. The van der Waals surface area contributed by atoms with E-state index in [1.807, 2.05) is 6.92 Å². The standard InChI is InChI=1S/C16H24BrNO/c1-11-7-15(17)9-14(8-12(2)18)16(11)19-10-13-5-3-4-6-13/h7,9,12-13H,3-6,8,10,18H2,1-2H3. The van der Waals surface area contributed by atoms with Gasteiger partial charge < -0.3 is 10.5 Å². The lowest BCUT2D eigenvalue weighted by Crippen LogP contribution is -2.19. The van der Waals surface area contributed by atoms with Gasteiger partial charge in [0.15, 0.2) is 0 Å². The summed E-state index contributed by atoms with van der Waals surface area (Å²) >= 11 is 3.56. The number of hydrogen-bond donors (Lipinski definition) is 1. The van der Waals surface area contributed by atoms with E-state index < -0.39 is 0 Å². The van der Waals surface area contributed by atoms with Crippen molar-refractivity contribution in [2.24, 2.45) is 11.7 Å². The van der Waals surface area contributed by atoms with E-state index in [2.05, 4.69) is 35.0 Å². The van der Waals surface area contributed by atoms with E-state index in [-0.39, 0.29) is 6.04 Å². The zero-order valence-electron chi connectivity index (χ0n) is 11.9. The summed E-state index contributed by atoms with van der Waals surface area (Å²) in [6, 6.07) is 4.41. The van der Waals surface area contributed by atoms with Gasteiger partial charge in [0.2, 0.25) is 0 Å². The molecule has 0 aliphatic heterocycles. The topological polar surface area (TPSA) is 35.2 Å². The van der Waals surface area contributed by atoms with Gasteiger partial charge in [-0.1, -0.05) is 28.8 Å². The molecule has 2 nitrogen and oxygen atoms in total. The quantitative estimate of drug-likeness (QED) is 0.879. The Kier molecular flexibility index (Phi) is 5.28. The van der Waals surface area contributed by atoms with Crippen molar-refractivity contribution in [2.45, 2.75) is 52.0 Å². The Morgan fingerprint density at radius 1 is 1.37 bits per heavy atom. The number of halogens is 1. The lowest BCUT2D eigenvalue weighted by atomic mass is 10.0. The summed E-state index contributed by atoms with van der Waals surface area (Å²) < 4.78 is 7.24. The highest BCUT2D eigenvalue weighted by Crippen LogP contribution is 2.31. The minimum atomic E-state index is 0.155. The normalized spacial score (nSPS) is 17.7. The number of nitrogens with two attached hydrogens (primary N) is 1. The molecule has 0 radical (unpaired) electrons. The molecule has 2 rings (SSSR count). The van der Waals surface area contributed by atoms with Crippen molar-refractivity contribution in [3.05, 3.63) is 27.7 Å². The molecule has 0 heterocycles.